The zero-order valence-electron chi connectivity index (χ0n) is 9.97. The molecule has 0 heterocycles. The average molecular weight is 253 g/mol. The number of carboxylic acids is 1. The van der Waals surface area contributed by atoms with E-state index in [-0.39, 0.29) is 23.6 Å². The van der Waals surface area contributed by atoms with E-state index in [2.05, 4.69) is 5.32 Å². The lowest BCUT2D eigenvalue weighted by Crippen LogP contribution is -2.20. The SMILES string of the molecule is CCCOCC(=O)Nc1ccc(O)cc1C(=O)O. The number of carbonyl (C=O) groups is 2. The number of benzene rings is 1. The van der Waals surface area contributed by atoms with Gasteiger partial charge in [-0.3, -0.25) is 4.79 Å². The van der Waals surface area contributed by atoms with E-state index < -0.39 is 11.9 Å². The smallest absolute Gasteiger partial charge is 0.337 e. The van der Waals surface area contributed by atoms with Gasteiger partial charge in [0.2, 0.25) is 5.91 Å². The number of ether oxygens (including phenoxy) is 1. The van der Waals surface area contributed by atoms with Crippen molar-refractivity contribution in [1.29, 1.82) is 0 Å². The van der Waals surface area contributed by atoms with Crippen LogP contribution < -0.4 is 5.32 Å². The summed E-state index contributed by atoms with van der Waals surface area (Å²) in [5, 5.41) is 20.5. The zero-order valence-corrected chi connectivity index (χ0v) is 9.97. The fourth-order valence-electron chi connectivity index (χ4n) is 1.31. The first-order valence-corrected chi connectivity index (χ1v) is 5.48. The summed E-state index contributed by atoms with van der Waals surface area (Å²) in [5.41, 5.74) is -0.0377. The average Bonchev–Trinajstić information content (AvgIpc) is 2.31. The van der Waals surface area contributed by atoms with Crippen LogP contribution in [-0.4, -0.2) is 35.3 Å². The lowest BCUT2D eigenvalue weighted by atomic mass is 10.1. The van der Waals surface area contributed by atoms with Gasteiger partial charge >= 0.3 is 5.97 Å². The highest BCUT2D eigenvalue weighted by Crippen LogP contribution is 2.21. The number of anilines is 1. The molecule has 6 heteroatoms. The monoisotopic (exact) mass is 253 g/mol. The Balaban J connectivity index is 2.72. The Labute approximate surface area is 104 Å². The number of amides is 1. The molecule has 1 aromatic rings. The van der Waals surface area contributed by atoms with Crippen LogP contribution in [0.3, 0.4) is 0 Å². The van der Waals surface area contributed by atoms with Crippen LogP contribution in [0.5, 0.6) is 5.75 Å². The van der Waals surface area contributed by atoms with Crippen molar-refractivity contribution in [2.45, 2.75) is 13.3 Å². The van der Waals surface area contributed by atoms with E-state index in [4.69, 9.17) is 9.84 Å². The second kappa shape index (κ2) is 6.61. The predicted octanol–water partition coefficient (Wildman–Crippen LogP) is 1.46. The summed E-state index contributed by atoms with van der Waals surface area (Å²) in [7, 11) is 0. The predicted molar refractivity (Wildman–Crippen MR) is 64.8 cm³/mol. The standard InChI is InChI=1S/C12H15NO5/c1-2-5-18-7-11(15)13-10-4-3-8(14)6-9(10)12(16)17/h3-4,6,14H,2,5,7H2,1H3,(H,13,15)(H,16,17). The Morgan fingerprint density at radius 3 is 2.72 bits per heavy atom. The molecule has 0 bridgehead atoms. The van der Waals surface area contributed by atoms with Crippen LogP contribution in [0, 0.1) is 0 Å². The molecule has 0 saturated carbocycles. The van der Waals surface area contributed by atoms with Crippen LogP contribution in [-0.2, 0) is 9.53 Å². The third-order valence-corrected chi connectivity index (χ3v) is 2.09. The normalized spacial score (nSPS) is 10.1. The van der Waals surface area contributed by atoms with Gasteiger partial charge in [-0.2, -0.15) is 0 Å². The molecule has 0 aromatic heterocycles. The second-order valence-electron chi connectivity index (χ2n) is 3.64. The topological polar surface area (TPSA) is 95.9 Å². The van der Waals surface area contributed by atoms with Crippen molar-refractivity contribution in [2.75, 3.05) is 18.5 Å². The summed E-state index contributed by atoms with van der Waals surface area (Å²) in [6.45, 7) is 2.25. The number of phenolic OH excluding ortho intramolecular Hbond substituents is 1. The molecule has 1 aromatic carbocycles. The van der Waals surface area contributed by atoms with Crippen molar-refractivity contribution in [3.05, 3.63) is 23.8 Å². The van der Waals surface area contributed by atoms with Crippen molar-refractivity contribution in [2.24, 2.45) is 0 Å². The Kier molecular flexibility index (Phi) is 5.13. The summed E-state index contributed by atoms with van der Waals surface area (Å²) < 4.78 is 5.03. The Bertz CT molecular complexity index is 444. The van der Waals surface area contributed by atoms with Crippen LogP contribution in [0.25, 0.3) is 0 Å². The molecule has 0 aliphatic carbocycles. The number of hydrogen-bond acceptors (Lipinski definition) is 4. The molecule has 0 spiro atoms. The van der Waals surface area contributed by atoms with E-state index in [0.29, 0.717) is 6.61 Å². The minimum absolute atomic E-state index is 0.130. The molecule has 0 unspecified atom stereocenters. The summed E-state index contributed by atoms with van der Waals surface area (Å²) in [5.74, 6) is -1.83. The first-order valence-electron chi connectivity index (χ1n) is 5.48. The van der Waals surface area contributed by atoms with Gasteiger partial charge in [-0.25, -0.2) is 4.79 Å². The van der Waals surface area contributed by atoms with Crippen molar-refractivity contribution < 1.29 is 24.5 Å². The number of hydrogen-bond donors (Lipinski definition) is 3. The van der Waals surface area contributed by atoms with Crippen molar-refractivity contribution in [3.8, 4) is 5.75 Å². The molecule has 1 amide bonds. The minimum Gasteiger partial charge on any atom is -0.508 e. The van der Waals surface area contributed by atoms with Crippen LogP contribution in [0.4, 0.5) is 5.69 Å². The van der Waals surface area contributed by atoms with Crippen LogP contribution in [0.2, 0.25) is 0 Å². The van der Waals surface area contributed by atoms with E-state index in [1.807, 2.05) is 6.92 Å². The van der Waals surface area contributed by atoms with Crippen LogP contribution in [0.15, 0.2) is 18.2 Å². The molecule has 0 fully saturated rings. The highest BCUT2D eigenvalue weighted by Gasteiger charge is 2.13. The molecule has 18 heavy (non-hydrogen) atoms. The van der Waals surface area contributed by atoms with Crippen LogP contribution in [0.1, 0.15) is 23.7 Å². The molecule has 0 aliphatic heterocycles. The maximum atomic E-state index is 11.5. The molecule has 3 N–H and O–H groups in total. The number of phenols is 1. The molecule has 0 aliphatic rings. The van der Waals surface area contributed by atoms with Crippen molar-refractivity contribution >= 4 is 17.6 Å². The maximum absolute atomic E-state index is 11.5. The molecule has 98 valence electrons. The van der Waals surface area contributed by atoms with Crippen LogP contribution >= 0.6 is 0 Å². The van der Waals surface area contributed by atoms with E-state index in [0.717, 1.165) is 12.5 Å². The minimum atomic E-state index is -1.23. The highest BCUT2D eigenvalue weighted by atomic mass is 16.5. The number of rotatable bonds is 6. The van der Waals surface area contributed by atoms with Gasteiger partial charge in [0.15, 0.2) is 0 Å². The zero-order chi connectivity index (χ0) is 13.5. The molecular weight excluding hydrogens is 238 g/mol. The third kappa shape index (κ3) is 4.06. The lowest BCUT2D eigenvalue weighted by Gasteiger charge is -2.09. The Hall–Kier alpha value is -2.08. The van der Waals surface area contributed by atoms with Gasteiger partial charge in [0.25, 0.3) is 0 Å². The van der Waals surface area contributed by atoms with E-state index >= 15 is 0 Å². The third-order valence-electron chi connectivity index (χ3n) is 2.09. The molecule has 1 rings (SSSR count). The number of nitrogens with one attached hydrogen (secondary N) is 1. The van der Waals surface area contributed by atoms with E-state index in [1.54, 1.807) is 0 Å². The van der Waals surface area contributed by atoms with Gasteiger partial charge in [0, 0.05) is 6.61 Å². The molecule has 6 nitrogen and oxygen atoms in total. The first-order chi connectivity index (χ1) is 8.54. The van der Waals surface area contributed by atoms with Gasteiger partial charge < -0.3 is 20.3 Å². The van der Waals surface area contributed by atoms with Gasteiger partial charge in [-0.05, 0) is 24.6 Å². The lowest BCUT2D eigenvalue weighted by molar-refractivity contribution is -0.120. The van der Waals surface area contributed by atoms with E-state index in [1.165, 1.54) is 12.1 Å². The maximum Gasteiger partial charge on any atom is 0.337 e. The summed E-state index contributed by atoms with van der Waals surface area (Å²) in [4.78, 5) is 22.4. The number of aromatic hydroxyl groups is 1. The largest absolute Gasteiger partial charge is 0.508 e. The molecule has 0 saturated heterocycles. The Morgan fingerprint density at radius 1 is 1.39 bits per heavy atom. The number of carbonyl (C=O) groups excluding carboxylic acids is 1. The number of aromatic carboxylic acids is 1. The van der Waals surface area contributed by atoms with Crippen molar-refractivity contribution in [3.63, 3.8) is 0 Å². The summed E-state index contributed by atoms with van der Waals surface area (Å²) in [6, 6.07) is 3.70. The van der Waals surface area contributed by atoms with Gasteiger partial charge in [0.1, 0.15) is 12.4 Å². The first kappa shape index (κ1) is 14.0. The van der Waals surface area contributed by atoms with Gasteiger partial charge in [0.05, 0.1) is 11.3 Å². The highest BCUT2D eigenvalue weighted by molar-refractivity contribution is 6.01. The molecular formula is C12H15NO5. The quantitative estimate of drug-likeness (QED) is 0.527. The Morgan fingerprint density at radius 2 is 2.11 bits per heavy atom. The second-order valence-corrected chi connectivity index (χ2v) is 3.64. The fraction of sp³-hybridized carbons (Fsp3) is 0.333. The summed E-state index contributed by atoms with van der Waals surface area (Å²) >= 11 is 0. The number of carboxylic acid groups (broad SMARTS) is 1. The van der Waals surface area contributed by atoms with Gasteiger partial charge in [-0.15, -0.1) is 0 Å². The summed E-state index contributed by atoms with van der Waals surface area (Å²) in [6.07, 6.45) is 0.798. The van der Waals surface area contributed by atoms with E-state index in [9.17, 15) is 14.7 Å². The van der Waals surface area contributed by atoms with Crippen molar-refractivity contribution in [1.82, 2.24) is 0 Å². The molecule has 0 radical (unpaired) electrons. The fourth-order valence-corrected chi connectivity index (χ4v) is 1.31. The molecule has 0 atom stereocenters. The van der Waals surface area contributed by atoms with Gasteiger partial charge in [-0.1, -0.05) is 6.92 Å².